The van der Waals surface area contributed by atoms with Crippen LogP contribution in [0, 0.1) is 0 Å². The third-order valence-corrected chi connectivity index (χ3v) is 11.5. The van der Waals surface area contributed by atoms with Gasteiger partial charge in [-0.25, -0.2) is 9.59 Å². The number of carbonyl (C=O) groups excluding carboxylic acids is 2. The molecule has 0 aromatic heterocycles. The molecule has 5 aromatic carbocycles. The van der Waals surface area contributed by atoms with E-state index in [9.17, 15) is 9.59 Å². The van der Waals surface area contributed by atoms with Crippen molar-refractivity contribution >= 4 is 11.9 Å². The monoisotopic (exact) mass is 869 g/mol. The molecule has 0 radical (unpaired) electrons. The number of hydrogen-bond donors (Lipinski definition) is 0. The van der Waals surface area contributed by atoms with E-state index in [1.54, 1.807) is 36.4 Å². The zero-order valence-electron chi connectivity index (χ0n) is 38.8. The summed E-state index contributed by atoms with van der Waals surface area (Å²) in [5, 5.41) is 0. The molecule has 0 fully saturated rings. The van der Waals surface area contributed by atoms with E-state index in [1.807, 2.05) is 43.3 Å². The van der Waals surface area contributed by atoms with E-state index in [-0.39, 0.29) is 12.1 Å². The maximum absolute atomic E-state index is 12.9. The Morgan fingerprint density at radius 2 is 0.688 bits per heavy atom. The molecule has 0 spiro atoms. The summed E-state index contributed by atoms with van der Waals surface area (Å²) in [5.41, 5.74) is 5.22. The zero-order valence-corrected chi connectivity index (χ0v) is 38.8. The number of benzene rings is 5. The lowest BCUT2D eigenvalue weighted by Crippen LogP contribution is -2.15. The summed E-state index contributed by atoms with van der Waals surface area (Å²) < 4.78 is 29.2. The van der Waals surface area contributed by atoms with Crippen LogP contribution in [0.2, 0.25) is 0 Å². The fourth-order valence-corrected chi connectivity index (χ4v) is 7.56. The maximum Gasteiger partial charge on any atom is 0.343 e. The minimum absolute atomic E-state index is 0.100. The van der Waals surface area contributed by atoms with Gasteiger partial charge in [-0.3, -0.25) is 0 Å². The van der Waals surface area contributed by atoms with Gasteiger partial charge in [0.25, 0.3) is 0 Å². The number of hydrogen-bond acceptors (Lipinski definition) is 7. The molecule has 0 heterocycles. The number of ether oxygens (including phenoxy) is 5. The lowest BCUT2D eigenvalue weighted by molar-refractivity contribution is 0.0319. The van der Waals surface area contributed by atoms with Gasteiger partial charge in [0.05, 0.1) is 37.1 Å². The summed E-state index contributed by atoms with van der Waals surface area (Å²) >= 11 is 0. The standard InChI is InChI=1S/C57H72O7/c1-4-6-8-10-11-12-14-18-42-60-52-34-26-47(27-35-52)48-28-36-53(37-29-48)61-43-19-15-13-16-20-44-62-54-38-32-51(33-39-54)57(59)64-55-40-30-49(31-41-55)46-22-24-50(25-23-46)56(58)63-45(3)21-17-9-7-5-2/h22-41,45H,4-21,42-44H2,1-3H3. The van der Waals surface area contributed by atoms with Crippen molar-refractivity contribution in [1.82, 2.24) is 0 Å². The predicted octanol–water partition coefficient (Wildman–Crippen LogP) is 15.7. The summed E-state index contributed by atoms with van der Waals surface area (Å²) in [7, 11) is 0. The Hall–Kier alpha value is -5.56. The van der Waals surface area contributed by atoms with Crippen molar-refractivity contribution in [2.24, 2.45) is 0 Å². The van der Waals surface area contributed by atoms with Gasteiger partial charge in [0.15, 0.2) is 0 Å². The van der Waals surface area contributed by atoms with Gasteiger partial charge in [0.2, 0.25) is 0 Å². The molecule has 342 valence electrons. The van der Waals surface area contributed by atoms with Crippen LogP contribution in [0.1, 0.15) is 157 Å². The molecule has 5 aromatic rings. The van der Waals surface area contributed by atoms with Crippen LogP contribution in [0.4, 0.5) is 0 Å². The summed E-state index contributed by atoms with van der Waals surface area (Å²) in [6.45, 7) is 8.52. The van der Waals surface area contributed by atoms with Crippen LogP contribution < -0.4 is 18.9 Å². The van der Waals surface area contributed by atoms with E-state index >= 15 is 0 Å². The molecule has 0 saturated heterocycles. The summed E-state index contributed by atoms with van der Waals surface area (Å²) in [6, 6.07) is 38.5. The molecule has 0 aliphatic carbocycles. The van der Waals surface area contributed by atoms with Crippen molar-refractivity contribution in [2.45, 2.75) is 142 Å². The molecule has 5 rings (SSSR count). The van der Waals surface area contributed by atoms with Gasteiger partial charge in [0, 0.05) is 0 Å². The average Bonchev–Trinajstić information content (AvgIpc) is 3.32. The van der Waals surface area contributed by atoms with Gasteiger partial charge in [-0.1, -0.05) is 146 Å². The van der Waals surface area contributed by atoms with Crippen molar-refractivity contribution in [2.75, 3.05) is 19.8 Å². The minimum atomic E-state index is -0.432. The predicted molar refractivity (Wildman–Crippen MR) is 261 cm³/mol. The van der Waals surface area contributed by atoms with E-state index < -0.39 is 5.97 Å². The highest BCUT2D eigenvalue weighted by atomic mass is 16.5. The lowest BCUT2D eigenvalue weighted by Gasteiger charge is -2.13. The van der Waals surface area contributed by atoms with Crippen LogP contribution >= 0.6 is 0 Å². The second kappa shape index (κ2) is 29.0. The molecule has 7 heteroatoms. The van der Waals surface area contributed by atoms with Crippen molar-refractivity contribution in [3.05, 3.63) is 132 Å². The molecule has 1 atom stereocenters. The zero-order chi connectivity index (χ0) is 45.0. The smallest absolute Gasteiger partial charge is 0.343 e. The van der Waals surface area contributed by atoms with Crippen molar-refractivity contribution in [3.63, 3.8) is 0 Å². The minimum Gasteiger partial charge on any atom is -0.494 e. The first-order chi connectivity index (χ1) is 31.4. The third-order valence-electron chi connectivity index (χ3n) is 11.5. The van der Waals surface area contributed by atoms with Gasteiger partial charge >= 0.3 is 11.9 Å². The van der Waals surface area contributed by atoms with Crippen molar-refractivity contribution in [1.29, 1.82) is 0 Å². The summed E-state index contributed by atoms with van der Waals surface area (Å²) in [5.74, 6) is 2.29. The van der Waals surface area contributed by atoms with Gasteiger partial charge < -0.3 is 23.7 Å². The highest BCUT2D eigenvalue weighted by molar-refractivity contribution is 5.91. The van der Waals surface area contributed by atoms with Gasteiger partial charge in [-0.05, 0) is 134 Å². The molecule has 7 nitrogen and oxygen atoms in total. The number of esters is 2. The molecular weight excluding hydrogens is 797 g/mol. The Bertz CT molecular complexity index is 2020. The SMILES string of the molecule is CCCCCCCCCCOc1ccc(-c2ccc(OCCCCCCCOc3ccc(C(=O)Oc4ccc(-c5ccc(C(=O)OC(C)CCCCCC)cc5)cc4)cc3)cc2)cc1. The summed E-state index contributed by atoms with van der Waals surface area (Å²) in [4.78, 5) is 25.5. The molecule has 0 N–H and O–H groups in total. The fraction of sp³-hybridized carbons (Fsp3) is 0.439. The molecule has 0 aliphatic rings. The average molecular weight is 869 g/mol. The van der Waals surface area contributed by atoms with Crippen molar-refractivity contribution < 1.29 is 33.3 Å². The third kappa shape index (κ3) is 18.3. The van der Waals surface area contributed by atoms with Gasteiger partial charge in [-0.2, -0.15) is 0 Å². The van der Waals surface area contributed by atoms with Crippen molar-refractivity contribution in [3.8, 4) is 45.3 Å². The topological polar surface area (TPSA) is 80.3 Å². The Labute approximate surface area is 383 Å². The van der Waals surface area contributed by atoms with E-state index in [2.05, 4.69) is 62.4 Å². The molecule has 1 unspecified atom stereocenters. The quantitative estimate of drug-likeness (QED) is 0.0249. The highest BCUT2D eigenvalue weighted by Crippen LogP contribution is 2.27. The van der Waals surface area contributed by atoms with Crippen LogP contribution in [-0.4, -0.2) is 37.9 Å². The van der Waals surface area contributed by atoms with Crippen LogP contribution in [-0.2, 0) is 4.74 Å². The number of unbranched alkanes of at least 4 members (excludes halogenated alkanes) is 14. The van der Waals surface area contributed by atoms with Gasteiger partial charge in [0.1, 0.15) is 23.0 Å². The van der Waals surface area contributed by atoms with Crippen LogP contribution in [0.5, 0.6) is 23.0 Å². The second-order valence-electron chi connectivity index (χ2n) is 16.9. The van der Waals surface area contributed by atoms with E-state index in [1.165, 1.54) is 75.3 Å². The molecule has 0 bridgehead atoms. The number of rotatable bonds is 31. The first-order valence-electron chi connectivity index (χ1n) is 24.2. The largest absolute Gasteiger partial charge is 0.494 e. The Morgan fingerprint density at radius 3 is 1.11 bits per heavy atom. The van der Waals surface area contributed by atoms with Crippen LogP contribution in [0.3, 0.4) is 0 Å². The number of carbonyl (C=O) groups is 2. The molecule has 0 amide bonds. The Morgan fingerprint density at radius 1 is 0.375 bits per heavy atom. The Balaban J connectivity index is 0.891. The normalized spacial score (nSPS) is 11.5. The van der Waals surface area contributed by atoms with E-state index in [0.29, 0.717) is 30.1 Å². The lowest BCUT2D eigenvalue weighted by atomic mass is 10.0. The van der Waals surface area contributed by atoms with Crippen LogP contribution in [0.15, 0.2) is 121 Å². The summed E-state index contributed by atoms with van der Waals surface area (Å²) in [6.07, 6.45) is 21.1. The highest BCUT2D eigenvalue weighted by Gasteiger charge is 2.13. The molecule has 64 heavy (non-hydrogen) atoms. The maximum atomic E-state index is 12.9. The molecule has 0 aliphatic heterocycles. The Kier molecular flexibility index (Phi) is 22.4. The molecule has 0 saturated carbocycles. The van der Waals surface area contributed by atoms with E-state index in [0.717, 1.165) is 86.3 Å². The first kappa shape index (κ1) is 49.5. The first-order valence-corrected chi connectivity index (χ1v) is 24.2. The van der Waals surface area contributed by atoms with Gasteiger partial charge in [-0.15, -0.1) is 0 Å². The van der Waals surface area contributed by atoms with Crippen LogP contribution in [0.25, 0.3) is 22.3 Å². The fourth-order valence-electron chi connectivity index (χ4n) is 7.56. The second-order valence-corrected chi connectivity index (χ2v) is 16.9. The van der Waals surface area contributed by atoms with E-state index in [4.69, 9.17) is 23.7 Å². The molecular formula is C57H72O7.